The summed E-state index contributed by atoms with van der Waals surface area (Å²) in [4.78, 5) is 0. The van der Waals surface area contributed by atoms with E-state index in [9.17, 15) is 0 Å². The van der Waals surface area contributed by atoms with Gasteiger partial charge in [-0.3, -0.25) is 4.68 Å². The zero-order valence-electron chi connectivity index (χ0n) is 6.63. The van der Waals surface area contributed by atoms with Crippen LogP contribution in [0.1, 0.15) is 11.4 Å². The molecule has 1 aromatic heterocycles. The molecule has 0 aliphatic heterocycles. The normalized spacial score (nSPS) is 9.00. The molecular formula is C8H10N2O. The molecule has 0 saturated heterocycles. The summed E-state index contributed by atoms with van der Waals surface area (Å²) < 4.78 is 1.69. The Morgan fingerprint density at radius 3 is 2.91 bits per heavy atom. The molecule has 11 heavy (non-hydrogen) atoms. The highest BCUT2D eigenvalue weighted by molar-refractivity contribution is 5.29. The molecule has 3 nitrogen and oxygen atoms in total. The fraction of sp³-hybridized carbons (Fsp3) is 0.375. The van der Waals surface area contributed by atoms with Gasteiger partial charge in [0.05, 0.1) is 5.69 Å². The maximum atomic E-state index is 8.42. The molecule has 0 saturated carbocycles. The predicted octanol–water partition coefficient (Wildman–Crippen LogP) is 0.0723. The van der Waals surface area contributed by atoms with Crippen LogP contribution in [0.15, 0.2) is 6.07 Å². The summed E-state index contributed by atoms with van der Waals surface area (Å²) in [6.07, 6.45) is 0. The maximum Gasteiger partial charge on any atom is 0.111 e. The van der Waals surface area contributed by atoms with Crippen LogP contribution < -0.4 is 0 Å². The number of aliphatic hydroxyl groups is 1. The first-order valence-corrected chi connectivity index (χ1v) is 3.34. The molecule has 0 aromatic carbocycles. The van der Waals surface area contributed by atoms with Crippen molar-refractivity contribution in [2.75, 3.05) is 6.61 Å². The van der Waals surface area contributed by atoms with E-state index in [1.807, 2.05) is 20.0 Å². The van der Waals surface area contributed by atoms with Gasteiger partial charge in [-0.1, -0.05) is 5.92 Å². The molecule has 0 spiro atoms. The van der Waals surface area contributed by atoms with Gasteiger partial charge in [-0.2, -0.15) is 5.10 Å². The molecule has 1 heterocycles. The number of aromatic nitrogens is 2. The second-order valence-electron chi connectivity index (χ2n) is 2.25. The Balaban J connectivity index is 2.94. The van der Waals surface area contributed by atoms with Crippen molar-refractivity contribution in [2.45, 2.75) is 6.92 Å². The minimum atomic E-state index is -0.107. The summed E-state index contributed by atoms with van der Waals surface area (Å²) in [5, 5.41) is 12.5. The molecule has 0 aliphatic carbocycles. The van der Waals surface area contributed by atoms with Gasteiger partial charge in [0.2, 0.25) is 0 Å². The van der Waals surface area contributed by atoms with Crippen LogP contribution in [0.5, 0.6) is 0 Å². The topological polar surface area (TPSA) is 38.0 Å². The van der Waals surface area contributed by atoms with Crippen molar-refractivity contribution in [2.24, 2.45) is 7.05 Å². The minimum Gasteiger partial charge on any atom is -0.384 e. The first-order valence-electron chi connectivity index (χ1n) is 3.34. The molecule has 0 unspecified atom stereocenters. The molecule has 1 aromatic rings. The lowest BCUT2D eigenvalue weighted by Crippen LogP contribution is -1.93. The van der Waals surface area contributed by atoms with Crippen molar-refractivity contribution in [3.05, 3.63) is 17.5 Å². The van der Waals surface area contributed by atoms with Gasteiger partial charge in [0.1, 0.15) is 12.3 Å². The van der Waals surface area contributed by atoms with Gasteiger partial charge in [-0.15, -0.1) is 0 Å². The second kappa shape index (κ2) is 3.22. The molecule has 0 amide bonds. The molecule has 0 radical (unpaired) electrons. The summed E-state index contributed by atoms with van der Waals surface area (Å²) in [5.41, 5.74) is 1.77. The molecule has 0 aliphatic rings. The van der Waals surface area contributed by atoms with Crippen LogP contribution in [0.3, 0.4) is 0 Å². The highest BCUT2D eigenvalue weighted by Crippen LogP contribution is 1.98. The molecule has 0 bridgehead atoms. The molecular weight excluding hydrogens is 140 g/mol. The lowest BCUT2D eigenvalue weighted by atomic mass is 10.4. The fourth-order valence-corrected chi connectivity index (χ4v) is 0.858. The van der Waals surface area contributed by atoms with Crippen LogP contribution in [0, 0.1) is 18.8 Å². The van der Waals surface area contributed by atoms with Crippen molar-refractivity contribution in [3.8, 4) is 11.8 Å². The number of hydrogen-bond acceptors (Lipinski definition) is 2. The minimum absolute atomic E-state index is 0.107. The van der Waals surface area contributed by atoms with Crippen molar-refractivity contribution >= 4 is 0 Å². The molecule has 1 N–H and O–H groups in total. The Morgan fingerprint density at radius 2 is 2.45 bits per heavy atom. The Hall–Kier alpha value is -1.27. The Kier molecular flexibility index (Phi) is 2.29. The summed E-state index contributed by atoms with van der Waals surface area (Å²) in [5.74, 6) is 5.35. The Bertz CT molecular complexity index is 304. The molecule has 3 heteroatoms. The molecule has 0 atom stereocenters. The summed E-state index contributed by atoms with van der Waals surface area (Å²) in [6.45, 7) is 1.80. The van der Waals surface area contributed by atoms with E-state index >= 15 is 0 Å². The van der Waals surface area contributed by atoms with Gasteiger partial charge < -0.3 is 5.11 Å². The van der Waals surface area contributed by atoms with Crippen molar-refractivity contribution in [1.29, 1.82) is 0 Å². The fourth-order valence-electron chi connectivity index (χ4n) is 0.858. The van der Waals surface area contributed by atoms with Crippen LogP contribution >= 0.6 is 0 Å². The van der Waals surface area contributed by atoms with Gasteiger partial charge in [-0.05, 0) is 18.9 Å². The predicted molar refractivity (Wildman–Crippen MR) is 41.9 cm³/mol. The number of rotatable bonds is 0. The van der Waals surface area contributed by atoms with Gasteiger partial charge in [0, 0.05) is 7.05 Å². The summed E-state index contributed by atoms with van der Waals surface area (Å²) >= 11 is 0. The molecule has 58 valence electrons. The van der Waals surface area contributed by atoms with Crippen molar-refractivity contribution in [1.82, 2.24) is 9.78 Å². The second-order valence-corrected chi connectivity index (χ2v) is 2.25. The zero-order chi connectivity index (χ0) is 8.27. The third-order valence-electron chi connectivity index (χ3n) is 1.30. The number of aliphatic hydroxyl groups excluding tert-OH is 1. The van der Waals surface area contributed by atoms with Gasteiger partial charge in [-0.25, -0.2) is 0 Å². The van der Waals surface area contributed by atoms with E-state index in [4.69, 9.17) is 5.11 Å². The zero-order valence-corrected chi connectivity index (χ0v) is 6.63. The van der Waals surface area contributed by atoms with Gasteiger partial charge >= 0.3 is 0 Å². The monoisotopic (exact) mass is 150 g/mol. The lowest BCUT2D eigenvalue weighted by molar-refractivity contribution is 0.350. The van der Waals surface area contributed by atoms with Crippen molar-refractivity contribution < 1.29 is 5.11 Å². The van der Waals surface area contributed by atoms with Gasteiger partial charge in [0.25, 0.3) is 0 Å². The lowest BCUT2D eigenvalue weighted by Gasteiger charge is -1.88. The van der Waals surface area contributed by atoms with E-state index < -0.39 is 0 Å². The average Bonchev–Trinajstić information content (AvgIpc) is 2.26. The van der Waals surface area contributed by atoms with Crippen molar-refractivity contribution in [3.63, 3.8) is 0 Å². The highest BCUT2D eigenvalue weighted by Gasteiger charge is 1.95. The smallest absolute Gasteiger partial charge is 0.111 e. The number of aryl methyl sites for hydroxylation is 2. The highest BCUT2D eigenvalue weighted by atomic mass is 16.2. The Morgan fingerprint density at radius 1 is 1.73 bits per heavy atom. The van der Waals surface area contributed by atoms with Crippen LogP contribution in [-0.2, 0) is 7.05 Å². The third kappa shape index (κ3) is 1.82. The first kappa shape index (κ1) is 7.83. The molecule has 0 fully saturated rings. The van der Waals surface area contributed by atoms with E-state index in [0.29, 0.717) is 0 Å². The van der Waals surface area contributed by atoms with Crippen LogP contribution in [-0.4, -0.2) is 21.5 Å². The summed E-state index contributed by atoms with van der Waals surface area (Å²) in [6, 6.07) is 1.88. The average molecular weight is 150 g/mol. The van der Waals surface area contributed by atoms with Crippen LogP contribution in [0.4, 0.5) is 0 Å². The van der Waals surface area contributed by atoms with Crippen LogP contribution in [0.25, 0.3) is 0 Å². The SMILES string of the molecule is Cc1cc(C#CCO)n(C)n1. The van der Waals surface area contributed by atoms with Gasteiger partial charge in [0.15, 0.2) is 0 Å². The van der Waals surface area contributed by atoms with Crippen LogP contribution in [0.2, 0.25) is 0 Å². The maximum absolute atomic E-state index is 8.42. The standard InChI is InChI=1S/C8H10N2O/c1-7-6-8(4-3-5-11)10(2)9-7/h6,11H,5H2,1-2H3. The molecule has 1 rings (SSSR count). The summed E-state index contributed by atoms with van der Waals surface area (Å²) in [7, 11) is 1.83. The number of nitrogens with zero attached hydrogens (tertiary/aromatic N) is 2. The third-order valence-corrected chi connectivity index (χ3v) is 1.30. The Labute approximate surface area is 65.7 Å². The van der Waals surface area contributed by atoms with E-state index in [1.54, 1.807) is 4.68 Å². The van der Waals surface area contributed by atoms with E-state index in [-0.39, 0.29) is 6.61 Å². The van der Waals surface area contributed by atoms with E-state index in [2.05, 4.69) is 16.9 Å². The van der Waals surface area contributed by atoms with E-state index in [1.165, 1.54) is 0 Å². The first-order chi connectivity index (χ1) is 5.24. The largest absolute Gasteiger partial charge is 0.384 e. The number of hydrogen-bond donors (Lipinski definition) is 1. The quantitative estimate of drug-likeness (QED) is 0.531. The van der Waals surface area contributed by atoms with E-state index in [0.717, 1.165) is 11.4 Å².